The summed E-state index contributed by atoms with van der Waals surface area (Å²) in [4.78, 5) is 24.2. The van der Waals surface area contributed by atoms with Gasteiger partial charge in [-0.3, -0.25) is 9.87 Å². The number of hydrogen-bond acceptors (Lipinski definition) is 7. The Labute approximate surface area is 213 Å². The highest BCUT2D eigenvalue weighted by molar-refractivity contribution is 7.85. The number of halogens is 4. The zero-order chi connectivity index (χ0) is 27.4. The number of nitrogens with zero attached hydrogens (tertiary/aromatic N) is 4. The maximum absolute atomic E-state index is 12.8. The third-order valence-corrected chi connectivity index (χ3v) is 4.67. The van der Waals surface area contributed by atoms with E-state index in [0.717, 1.165) is 18.3 Å². The Balaban J connectivity index is 0.000000695. The van der Waals surface area contributed by atoms with Crippen molar-refractivity contribution >= 4 is 50.3 Å². The summed E-state index contributed by atoms with van der Waals surface area (Å²) in [5.74, 6) is 0.429. The molecule has 0 saturated heterocycles. The van der Waals surface area contributed by atoms with E-state index in [1.807, 2.05) is 23.9 Å². The SMILES string of the molecule is CS(=O)(=O)O.Cn1ccc2ncnc(Oc3ccc(NC(=O)Nc4cc(C(F)(F)F)ccn4)c(Cl)c3)c21. The Bertz CT molecular complexity index is 1540. The number of nitrogens with one attached hydrogen (secondary N) is 2. The van der Waals surface area contributed by atoms with E-state index in [1.54, 1.807) is 6.07 Å². The third-order valence-electron chi connectivity index (χ3n) is 4.36. The topological polar surface area (TPSA) is 148 Å². The van der Waals surface area contributed by atoms with Gasteiger partial charge in [0, 0.05) is 25.5 Å². The van der Waals surface area contributed by atoms with Gasteiger partial charge in [-0.25, -0.2) is 14.8 Å². The van der Waals surface area contributed by atoms with Crippen molar-refractivity contribution in [2.24, 2.45) is 7.05 Å². The Morgan fingerprint density at radius 3 is 2.46 bits per heavy atom. The standard InChI is InChI=1S/C20H14ClF3N6O2.CH4O3S/c1-30-7-5-15-17(30)18(27-10-26-15)32-12-2-3-14(13(21)9-12)28-19(31)29-16-8-11(4-6-25-16)20(22,23)24;1-5(2,3)4/h2-10H,1H3,(H2,25,28,29,31);1H3,(H,2,3,4). The number of amides is 2. The number of urea groups is 1. The van der Waals surface area contributed by atoms with Gasteiger partial charge in [-0.05, 0) is 30.3 Å². The van der Waals surface area contributed by atoms with E-state index >= 15 is 0 Å². The van der Waals surface area contributed by atoms with Gasteiger partial charge in [0.15, 0.2) is 0 Å². The van der Waals surface area contributed by atoms with Gasteiger partial charge < -0.3 is 14.6 Å². The summed E-state index contributed by atoms with van der Waals surface area (Å²) in [6.45, 7) is 0. The Hall–Kier alpha value is -3.95. The van der Waals surface area contributed by atoms with Gasteiger partial charge in [-0.15, -0.1) is 0 Å². The van der Waals surface area contributed by atoms with Crippen molar-refractivity contribution in [1.29, 1.82) is 0 Å². The van der Waals surface area contributed by atoms with Crippen molar-refractivity contribution in [2.75, 3.05) is 16.9 Å². The number of hydrogen-bond donors (Lipinski definition) is 3. The minimum atomic E-state index is -4.55. The lowest BCUT2D eigenvalue weighted by Crippen LogP contribution is -2.20. The van der Waals surface area contributed by atoms with Gasteiger partial charge >= 0.3 is 12.2 Å². The summed E-state index contributed by atoms with van der Waals surface area (Å²) in [5, 5.41) is 4.84. The van der Waals surface area contributed by atoms with Crippen LogP contribution in [0, 0.1) is 0 Å². The van der Waals surface area contributed by atoms with Crippen molar-refractivity contribution < 1.29 is 35.7 Å². The lowest BCUT2D eigenvalue weighted by Gasteiger charge is -2.12. The van der Waals surface area contributed by atoms with Gasteiger partial charge in [-0.1, -0.05) is 11.6 Å². The summed E-state index contributed by atoms with van der Waals surface area (Å²) in [7, 11) is -1.84. The number of carbonyl (C=O) groups excluding carboxylic acids is 1. The maximum Gasteiger partial charge on any atom is 0.416 e. The summed E-state index contributed by atoms with van der Waals surface area (Å²) in [6, 6.07) is 7.05. The summed E-state index contributed by atoms with van der Waals surface area (Å²) in [6.07, 6.45) is 0.316. The Kier molecular flexibility index (Phi) is 8.20. The number of ether oxygens (including phenoxy) is 1. The molecule has 0 saturated carbocycles. The number of rotatable bonds is 4. The van der Waals surface area contributed by atoms with Crippen LogP contribution in [0.25, 0.3) is 11.0 Å². The molecule has 0 spiro atoms. The molecule has 3 N–H and O–H groups in total. The van der Waals surface area contributed by atoms with E-state index in [9.17, 15) is 26.4 Å². The number of alkyl halides is 3. The first-order valence-corrected chi connectivity index (χ1v) is 12.2. The Morgan fingerprint density at radius 1 is 1.11 bits per heavy atom. The van der Waals surface area contributed by atoms with E-state index in [1.165, 1.54) is 18.5 Å². The van der Waals surface area contributed by atoms with Crippen LogP contribution in [0.15, 0.2) is 55.1 Å². The number of aromatic nitrogens is 4. The molecule has 1 aromatic carbocycles. The molecule has 3 heterocycles. The molecule has 4 aromatic rings. The highest BCUT2D eigenvalue weighted by Gasteiger charge is 2.30. The molecule has 37 heavy (non-hydrogen) atoms. The maximum atomic E-state index is 12.8. The Morgan fingerprint density at radius 2 is 1.81 bits per heavy atom. The van der Waals surface area contributed by atoms with Crippen molar-refractivity contribution in [3.63, 3.8) is 0 Å². The molecule has 3 aromatic heterocycles. The second-order valence-corrected chi connectivity index (χ2v) is 9.20. The van der Waals surface area contributed by atoms with Gasteiger partial charge in [0.1, 0.15) is 23.4 Å². The molecule has 11 nitrogen and oxygen atoms in total. The minimum absolute atomic E-state index is 0.145. The molecule has 0 aliphatic rings. The first-order valence-electron chi connectivity index (χ1n) is 9.98. The highest BCUT2D eigenvalue weighted by Crippen LogP contribution is 2.32. The van der Waals surface area contributed by atoms with Crippen molar-refractivity contribution in [1.82, 2.24) is 19.5 Å². The van der Waals surface area contributed by atoms with Crippen LogP contribution < -0.4 is 15.4 Å². The van der Waals surface area contributed by atoms with Crippen LogP contribution in [-0.2, 0) is 23.3 Å². The molecule has 2 amide bonds. The van der Waals surface area contributed by atoms with E-state index < -0.39 is 27.9 Å². The summed E-state index contributed by atoms with van der Waals surface area (Å²) >= 11 is 6.23. The number of anilines is 2. The largest absolute Gasteiger partial charge is 0.437 e. The second kappa shape index (κ2) is 11.0. The van der Waals surface area contributed by atoms with E-state index in [-0.39, 0.29) is 16.5 Å². The van der Waals surface area contributed by atoms with E-state index in [0.29, 0.717) is 28.9 Å². The number of aryl methyl sites for hydroxylation is 1. The van der Waals surface area contributed by atoms with Gasteiger partial charge in [0.2, 0.25) is 5.88 Å². The summed E-state index contributed by atoms with van der Waals surface area (Å²) < 4.78 is 71.9. The number of carbonyl (C=O) groups is 1. The highest BCUT2D eigenvalue weighted by atomic mass is 35.5. The predicted octanol–water partition coefficient (Wildman–Crippen LogP) is 4.98. The molecule has 4 rings (SSSR count). The third kappa shape index (κ3) is 8.03. The molecule has 16 heteroatoms. The van der Waals surface area contributed by atoms with Gasteiger partial charge in [0.05, 0.1) is 28.0 Å². The average molecular weight is 559 g/mol. The molecule has 0 unspecified atom stereocenters. The lowest BCUT2D eigenvalue weighted by atomic mass is 10.2. The van der Waals surface area contributed by atoms with Crippen molar-refractivity contribution in [3.05, 3.63) is 65.7 Å². The van der Waals surface area contributed by atoms with E-state index in [4.69, 9.17) is 20.9 Å². The fourth-order valence-corrected chi connectivity index (χ4v) is 3.10. The van der Waals surface area contributed by atoms with Crippen molar-refractivity contribution in [3.8, 4) is 11.6 Å². The molecule has 0 atom stereocenters. The molecular weight excluding hydrogens is 541 g/mol. The first-order chi connectivity index (χ1) is 17.2. The molecule has 0 fully saturated rings. The van der Waals surface area contributed by atoms with Crippen LogP contribution in [0.2, 0.25) is 5.02 Å². The fourth-order valence-electron chi connectivity index (χ4n) is 2.88. The first kappa shape index (κ1) is 27.6. The van der Waals surface area contributed by atoms with Crippen LogP contribution in [-0.4, -0.2) is 44.8 Å². The molecular formula is C21H18ClF3N6O5S. The zero-order valence-corrected chi connectivity index (χ0v) is 20.6. The van der Waals surface area contributed by atoms with Crippen LogP contribution in [0.1, 0.15) is 5.56 Å². The normalized spacial score (nSPS) is 11.4. The molecule has 0 aliphatic heterocycles. The number of fused-ring (bicyclic) bond motifs is 1. The fraction of sp³-hybridized carbons (Fsp3) is 0.143. The predicted molar refractivity (Wildman–Crippen MR) is 129 cm³/mol. The van der Waals surface area contributed by atoms with Crippen molar-refractivity contribution in [2.45, 2.75) is 6.18 Å². The average Bonchev–Trinajstić information content (AvgIpc) is 3.16. The number of pyridine rings is 1. The van der Waals surface area contributed by atoms with Crippen LogP contribution in [0.4, 0.5) is 29.5 Å². The minimum Gasteiger partial charge on any atom is -0.437 e. The lowest BCUT2D eigenvalue weighted by molar-refractivity contribution is -0.137. The van der Waals surface area contributed by atoms with Gasteiger partial charge in [0.25, 0.3) is 10.1 Å². The molecule has 0 aliphatic carbocycles. The second-order valence-electron chi connectivity index (χ2n) is 7.32. The molecule has 0 radical (unpaired) electrons. The van der Waals surface area contributed by atoms with Crippen LogP contribution >= 0.6 is 11.6 Å². The number of benzene rings is 1. The monoisotopic (exact) mass is 558 g/mol. The zero-order valence-electron chi connectivity index (χ0n) is 19.0. The van der Waals surface area contributed by atoms with E-state index in [2.05, 4.69) is 25.6 Å². The quantitative estimate of drug-likeness (QED) is 0.297. The smallest absolute Gasteiger partial charge is 0.416 e. The van der Waals surface area contributed by atoms with Gasteiger partial charge in [-0.2, -0.15) is 26.6 Å². The van der Waals surface area contributed by atoms with Crippen LogP contribution in [0.3, 0.4) is 0 Å². The van der Waals surface area contributed by atoms with Crippen LogP contribution in [0.5, 0.6) is 11.6 Å². The molecule has 196 valence electrons. The molecule has 0 bridgehead atoms. The summed E-state index contributed by atoms with van der Waals surface area (Å²) in [5.41, 5.74) is 0.690.